The van der Waals surface area contributed by atoms with Crippen molar-refractivity contribution in [3.63, 3.8) is 0 Å². The Morgan fingerprint density at radius 1 is 1.15 bits per heavy atom. The van der Waals surface area contributed by atoms with Gasteiger partial charge in [0.25, 0.3) is 5.91 Å². The highest BCUT2D eigenvalue weighted by molar-refractivity contribution is 5.94. The molecule has 27 heavy (non-hydrogen) atoms. The molecule has 3 rings (SSSR count). The van der Waals surface area contributed by atoms with E-state index >= 15 is 0 Å². The van der Waals surface area contributed by atoms with Crippen LogP contribution in [0.5, 0.6) is 0 Å². The van der Waals surface area contributed by atoms with Gasteiger partial charge in [-0.3, -0.25) is 14.4 Å². The first kappa shape index (κ1) is 19.3. The average molecular weight is 375 g/mol. The maximum atomic E-state index is 13.0. The maximum absolute atomic E-state index is 13.0. The zero-order chi connectivity index (χ0) is 19.6. The molecule has 146 valence electrons. The molecule has 3 amide bonds. The normalized spacial score (nSPS) is 21.0. The fourth-order valence-electron chi connectivity index (χ4n) is 3.73. The highest BCUT2D eigenvalue weighted by Gasteiger charge is 2.36. The summed E-state index contributed by atoms with van der Waals surface area (Å²) in [5, 5.41) is 3.04. The summed E-state index contributed by atoms with van der Waals surface area (Å²) in [4.78, 5) is 40.4. The lowest BCUT2D eigenvalue weighted by atomic mass is 10.0. The predicted octanol–water partition coefficient (Wildman–Crippen LogP) is 1.80. The molecule has 0 radical (unpaired) electrons. The molecule has 0 aromatic heterocycles. The highest BCUT2D eigenvalue weighted by atomic mass is 19.1. The van der Waals surface area contributed by atoms with Gasteiger partial charge in [-0.1, -0.05) is 0 Å². The highest BCUT2D eigenvalue weighted by Crippen LogP contribution is 2.21. The number of halogens is 1. The first-order chi connectivity index (χ1) is 12.8. The van der Waals surface area contributed by atoms with Gasteiger partial charge in [-0.15, -0.1) is 0 Å². The van der Waals surface area contributed by atoms with Crippen LogP contribution in [0.4, 0.5) is 4.39 Å². The van der Waals surface area contributed by atoms with Crippen LogP contribution in [-0.4, -0.2) is 59.2 Å². The van der Waals surface area contributed by atoms with Crippen molar-refractivity contribution in [3.8, 4) is 0 Å². The second kappa shape index (κ2) is 8.06. The van der Waals surface area contributed by atoms with Crippen molar-refractivity contribution in [3.05, 3.63) is 35.6 Å². The molecule has 2 fully saturated rings. The van der Waals surface area contributed by atoms with E-state index in [1.165, 1.54) is 24.3 Å². The first-order valence-corrected chi connectivity index (χ1v) is 9.50. The number of carbonyl (C=O) groups is 3. The molecule has 2 aliphatic heterocycles. The van der Waals surface area contributed by atoms with Crippen molar-refractivity contribution in [2.45, 2.75) is 45.2 Å². The summed E-state index contributed by atoms with van der Waals surface area (Å²) >= 11 is 0. The SMILES string of the molecule is CC(C)N1CC(C(=O)NC2CCN(C(=O)c3ccc(F)cc3)CC2)CC1=O. The minimum Gasteiger partial charge on any atom is -0.353 e. The van der Waals surface area contributed by atoms with Crippen LogP contribution in [0.25, 0.3) is 0 Å². The molecule has 6 nitrogen and oxygen atoms in total. The Morgan fingerprint density at radius 3 is 2.33 bits per heavy atom. The third kappa shape index (κ3) is 4.46. The van der Waals surface area contributed by atoms with Crippen LogP contribution in [-0.2, 0) is 9.59 Å². The summed E-state index contributed by atoms with van der Waals surface area (Å²) < 4.78 is 13.0. The average Bonchev–Trinajstić information content (AvgIpc) is 3.05. The smallest absolute Gasteiger partial charge is 0.253 e. The molecule has 7 heteroatoms. The number of amides is 3. The predicted molar refractivity (Wildman–Crippen MR) is 98.4 cm³/mol. The van der Waals surface area contributed by atoms with Gasteiger partial charge in [-0.25, -0.2) is 4.39 Å². The maximum Gasteiger partial charge on any atom is 0.253 e. The van der Waals surface area contributed by atoms with Gasteiger partial charge in [0.2, 0.25) is 11.8 Å². The van der Waals surface area contributed by atoms with Gasteiger partial charge in [-0.05, 0) is 51.0 Å². The summed E-state index contributed by atoms with van der Waals surface area (Å²) in [6.07, 6.45) is 1.62. The van der Waals surface area contributed by atoms with Crippen LogP contribution in [0, 0.1) is 11.7 Å². The number of nitrogens with zero attached hydrogens (tertiary/aromatic N) is 2. The van der Waals surface area contributed by atoms with E-state index in [4.69, 9.17) is 0 Å². The molecule has 1 unspecified atom stereocenters. The minimum atomic E-state index is -0.366. The molecule has 1 aromatic carbocycles. The molecular weight excluding hydrogens is 349 g/mol. The van der Waals surface area contributed by atoms with E-state index in [-0.39, 0.29) is 48.0 Å². The number of benzene rings is 1. The van der Waals surface area contributed by atoms with E-state index in [0.29, 0.717) is 38.0 Å². The number of likely N-dealkylation sites (tertiary alicyclic amines) is 2. The molecule has 1 aromatic rings. The van der Waals surface area contributed by atoms with E-state index in [1.54, 1.807) is 9.80 Å². The Morgan fingerprint density at radius 2 is 1.78 bits per heavy atom. The molecule has 1 N–H and O–H groups in total. The molecule has 0 aliphatic carbocycles. The number of hydrogen-bond donors (Lipinski definition) is 1. The third-order valence-corrected chi connectivity index (χ3v) is 5.37. The van der Waals surface area contributed by atoms with Crippen LogP contribution in [0.1, 0.15) is 43.5 Å². The summed E-state index contributed by atoms with van der Waals surface area (Å²) in [6.45, 7) is 5.47. The summed E-state index contributed by atoms with van der Waals surface area (Å²) in [7, 11) is 0. The van der Waals surface area contributed by atoms with Crippen LogP contribution < -0.4 is 5.32 Å². The van der Waals surface area contributed by atoms with Crippen molar-refractivity contribution in [2.75, 3.05) is 19.6 Å². The topological polar surface area (TPSA) is 69.7 Å². The molecule has 0 bridgehead atoms. The Labute approximate surface area is 158 Å². The van der Waals surface area contributed by atoms with E-state index in [9.17, 15) is 18.8 Å². The Bertz CT molecular complexity index is 712. The first-order valence-electron chi connectivity index (χ1n) is 9.50. The summed E-state index contributed by atoms with van der Waals surface area (Å²) in [5.41, 5.74) is 0.470. The molecule has 0 spiro atoms. The number of nitrogens with one attached hydrogen (secondary N) is 1. The van der Waals surface area contributed by atoms with Gasteiger partial charge in [0.15, 0.2) is 0 Å². The number of rotatable bonds is 4. The van der Waals surface area contributed by atoms with Gasteiger partial charge in [0.05, 0.1) is 5.92 Å². The van der Waals surface area contributed by atoms with Crippen molar-refractivity contribution in [1.82, 2.24) is 15.1 Å². The van der Waals surface area contributed by atoms with Gasteiger partial charge in [-0.2, -0.15) is 0 Å². The minimum absolute atomic E-state index is 0.0120. The van der Waals surface area contributed by atoms with Crippen LogP contribution in [0.3, 0.4) is 0 Å². The molecule has 2 heterocycles. The van der Waals surface area contributed by atoms with Gasteiger partial charge >= 0.3 is 0 Å². The van der Waals surface area contributed by atoms with E-state index in [2.05, 4.69) is 5.32 Å². The van der Waals surface area contributed by atoms with Crippen LogP contribution in [0.15, 0.2) is 24.3 Å². The van der Waals surface area contributed by atoms with E-state index in [1.807, 2.05) is 13.8 Å². The van der Waals surface area contributed by atoms with Gasteiger partial charge < -0.3 is 15.1 Å². The van der Waals surface area contributed by atoms with Crippen molar-refractivity contribution in [1.29, 1.82) is 0 Å². The number of piperidine rings is 1. The second-order valence-electron chi connectivity index (χ2n) is 7.62. The lowest BCUT2D eigenvalue weighted by molar-refractivity contribution is -0.130. The lowest BCUT2D eigenvalue weighted by Crippen LogP contribution is -2.48. The summed E-state index contributed by atoms with van der Waals surface area (Å²) in [5.74, 6) is -0.818. The third-order valence-electron chi connectivity index (χ3n) is 5.37. The van der Waals surface area contributed by atoms with Crippen molar-refractivity contribution in [2.24, 2.45) is 5.92 Å². The van der Waals surface area contributed by atoms with Gasteiger partial charge in [0.1, 0.15) is 5.82 Å². The quantitative estimate of drug-likeness (QED) is 0.873. The molecule has 2 saturated heterocycles. The molecule has 0 saturated carbocycles. The van der Waals surface area contributed by atoms with E-state index < -0.39 is 0 Å². The van der Waals surface area contributed by atoms with E-state index in [0.717, 1.165) is 0 Å². The molecule has 2 aliphatic rings. The fourth-order valence-corrected chi connectivity index (χ4v) is 3.73. The lowest BCUT2D eigenvalue weighted by Gasteiger charge is -2.33. The number of hydrogen-bond acceptors (Lipinski definition) is 3. The second-order valence-corrected chi connectivity index (χ2v) is 7.62. The number of carbonyl (C=O) groups excluding carboxylic acids is 3. The molecule has 1 atom stereocenters. The monoisotopic (exact) mass is 375 g/mol. The van der Waals surface area contributed by atoms with Gasteiger partial charge in [0, 0.05) is 43.7 Å². The zero-order valence-corrected chi connectivity index (χ0v) is 15.8. The van der Waals surface area contributed by atoms with Crippen LogP contribution in [0.2, 0.25) is 0 Å². The van der Waals surface area contributed by atoms with Crippen LogP contribution >= 0.6 is 0 Å². The Kier molecular flexibility index (Phi) is 5.77. The Hall–Kier alpha value is -2.44. The standard InChI is InChI=1S/C20H26FN3O3/c1-13(2)24-12-15(11-18(24)25)19(26)22-17-7-9-23(10-8-17)20(27)14-3-5-16(21)6-4-14/h3-6,13,15,17H,7-12H2,1-2H3,(H,22,26). The van der Waals surface area contributed by atoms with Crippen molar-refractivity contribution < 1.29 is 18.8 Å². The summed E-state index contributed by atoms with van der Waals surface area (Å²) in [6, 6.07) is 5.66. The Balaban J connectivity index is 1.48. The fraction of sp³-hybridized carbons (Fsp3) is 0.550. The largest absolute Gasteiger partial charge is 0.353 e. The molecular formula is C20H26FN3O3. The zero-order valence-electron chi connectivity index (χ0n) is 15.8. The van der Waals surface area contributed by atoms with Crippen molar-refractivity contribution >= 4 is 17.7 Å².